The molecule has 1 aromatic carbocycles. The maximum Gasteiger partial charge on any atom is 0.0486 e. The fourth-order valence-electron chi connectivity index (χ4n) is 1.50. The van der Waals surface area contributed by atoms with E-state index in [1.165, 1.54) is 18.4 Å². The second-order valence-electron chi connectivity index (χ2n) is 4.00. The molecule has 3 heteroatoms. The van der Waals surface area contributed by atoms with Gasteiger partial charge in [-0.15, -0.1) is 0 Å². The van der Waals surface area contributed by atoms with Crippen LogP contribution in [0.15, 0.2) is 30.3 Å². The minimum atomic E-state index is -0.722. The Morgan fingerprint density at radius 1 is 1.27 bits per heavy atom. The smallest absolute Gasteiger partial charge is 0.0486 e. The normalized spacial score (nSPS) is 17.6. The third kappa shape index (κ3) is 4.14. The molecule has 1 atom stereocenters. The van der Waals surface area contributed by atoms with Crippen LogP contribution in [0.25, 0.3) is 0 Å². The molecule has 0 spiro atoms. The molecule has 0 bridgehead atoms. The number of rotatable bonds is 6. The van der Waals surface area contributed by atoms with Crippen molar-refractivity contribution in [3.05, 3.63) is 35.9 Å². The first-order valence-electron chi connectivity index (χ1n) is 5.47. The van der Waals surface area contributed by atoms with Crippen molar-refractivity contribution in [3.63, 3.8) is 0 Å². The SMILES string of the molecule is O=S(CCNC1CC1)Cc1ccccc1. The largest absolute Gasteiger partial charge is 0.313 e. The van der Waals surface area contributed by atoms with Crippen molar-refractivity contribution in [2.75, 3.05) is 12.3 Å². The van der Waals surface area contributed by atoms with Crippen LogP contribution >= 0.6 is 0 Å². The second kappa shape index (κ2) is 5.42. The van der Waals surface area contributed by atoms with Crippen molar-refractivity contribution < 1.29 is 4.21 Å². The summed E-state index contributed by atoms with van der Waals surface area (Å²) < 4.78 is 11.7. The summed E-state index contributed by atoms with van der Waals surface area (Å²) in [6.07, 6.45) is 2.59. The van der Waals surface area contributed by atoms with Crippen LogP contribution in [0.3, 0.4) is 0 Å². The lowest BCUT2D eigenvalue weighted by Crippen LogP contribution is -2.22. The predicted molar refractivity (Wildman–Crippen MR) is 64.2 cm³/mol. The van der Waals surface area contributed by atoms with E-state index in [9.17, 15) is 4.21 Å². The van der Waals surface area contributed by atoms with Gasteiger partial charge in [0.15, 0.2) is 0 Å². The number of hydrogen-bond donors (Lipinski definition) is 1. The molecule has 0 aromatic heterocycles. The van der Waals surface area contributed by atoms with E-state index in [0.717, 1.165) is 18.3 Å². The van der Waals surface area contributed by atoms with E-state index in [-0.39, 0.29) is 0 Å². The van der Waals surface area contributed by atoms with Gasteiger partial charge in [0.2, 0.25) is 0 Å². The lowest BCUT2D eigenvalue weighted by atomic mass is 10.2. The summed E-state index contributed by atoms with van der Waals surface area (Å²) in [6.45, 7) is 0.893. The minimum absolute atomic E-state index is 0.688. The van der Waals surface area contributed by atoms with Gasteiger partial charge in [0.1, 0.15) is 0 Å². The highest BCUT2D eigenvalue weighted by Gasteiger charge is 2.19. The zero-order valence-corrected chi connectivity index (χ0v) is 9.63. The summed E-state index contributed by atoms with van der Waals surface area (Å²) in [7, 11) is -0.722. The summed E-state index contributed by atoms with van der Waals surface area (Å²) >= 11 is 0. The lowest BCUT2D eigenvalue weighted by Gasteiger charge is -2.03. The van der Waals surface area contributed by atoms with Crippen LogP contribution in [0.2, 0.25) is 0 Å². The fraction of sp³-hybridized carbons (Fsp3) is 0.500. The van der Waals surface area contributed by atoms with Gasteiger partial charge in [-0.2, -0.15) is 0 Å². The van der Waals surface area contributed by atoms with Crippen molar-refractivity contribution in [1.29, 1.82) is 0 Å². The van der Waals surface area contributed by atoms with Crippen molar-refractivity contribution >= 4 is 10.8 Å². The first kappa shape index (κ1) is 10.8. The van der Waals surface area contributed by atoms with Crippen LogP contribution < -0.4 is 5.32 Å². The van der Waals surface area contributed by atoms with Crippen LogP contribution in [0.4, 0.5) is 0 Å². The molecule has 0 amide bonds. The Labute approximate surface area is 93.5 Å². The molecule has 1 N–H and O–H groups in total. The Bertz CT molecular complexity index is 322. The van der Waals surface area contributed by atoms with Gasteiger partial charge in [0, 0.05) is 34.9 Å². The zero-order chi connectivity index (χ0) is 10.5. The predicted octanol–water partition coefficient (Wildman–Crippen LogP) is 1.69. The summed E-state index contributed by atoms with van der Waals surface area (Å²) in [5.74, 6) is 1.46. The summed E-state index contributed by atoms with van der Waals surface area (Å²) in [5, 5.41) is 3.38. The van der Waals surface area contributed by atoms with Gasteiger partial charge in [0.05, 0.1) is 0 Å². The van der Waals surface area contributed by atoms with Gasteiger partial charge < -0.3 is 5.32 Å². The Morgan fingerprint density at radius 2 is 2.00 bits per heavy atom. The van der Waals surface area contributed by atoms with Gasteiger partial charge in [0.25, 0.3) is 0 Å². The minimum Gasteiger partial charge on any atom is -0.313 e. The molecule has 1 unspecified atom stereocenters. The van der Waals surface area contributed by atoms with Crippen molar-refractivity contribution in [2.45, 2.75) is 24.6 Å². The summed E-state index contributed by atoms with van der Waals surface area (Å²) in [6, 6.07) is 10.8. The molecule has 0 saturated heterocycles. The van der Waals surface area contributed by atoms with E-state index in [4.69, 9.17) is 0 Å². The fourth-order valence-corrected chi connectivity index (χ4v) is 2.55. The van der Waals surface area contributed by atoms with Crippen LogP contribution in [-0.2, 0) is 16.6 Å². The van der Waals surface area contributed by atoms with E-state index in [2.05, 4.69) is 5.32 Å². The topological polar surface area (TPSA) is 29.1 Å². The van der Waals surface area contributed by atoms with E-state index >= 15 is 0 Å². The third-order valence-electron chi connectivity index (χ3n) is 2.51. The Morgan fingerprint density at radius 3 is 2.67 bits per heavy atom. The lowest BCUT2D eigenvalue weighted by molar-refractivity contribution is 0.672. The van der Waals surface area contributed by atoms with Gasteiger partial charge in [-0.25, -0.2) is 0 Å². The first-order chi connectivity index (χ1) is 7.34. The van der Waals surface area contributed by atoms with E-state index in [0.29, 0.717) is 5.75 Å². The molecule has 1 aromatic rings. The van der Waals surface area contributed by atoms with Gasteiger partial charge >= 0.3 is 0 Å². The van der Waals surface area contributed by atoms with Crippen LogP contribution in [0.1, 0.15) is 18.4 Å². The van der Waals surface area contributed by atoms with Crippen LogP contribution in [0, 0.1) is 0 Å². The molecule has 2 rings (SSSR count). The van der Waals surface area contributed by atoms with Gasteiger partial charge in [-0.1, -0.05) is 30.3 Å². The van der Waals surface area contributed by atoms with Crippen LogP contribution in [-0.4, -0.2) is 22.5 Å². The highest BCUT2D eigenvalue weighted by atomic mass is 32.2. The number of nitrogens with one attached hydrogen (secondary N) is 1. The van der Waals surface area contributed by atoms with E-state index in [1.807, 2.05) is 30.3 Å². The Hall–Kier alpha value is -0.670. The molecular weight excluding hydrogens is 206 g/mol. The molecule has 0 heterocycles. The molecular formula is C12H17NOS. The molecule has 82 valence electrons. The zero-order valence-electron chi connectivity index (χ0n) is 8.82. The van der Waals surface area contributed by atoms with E-state index < -0.39 is 10.8 Å². The Balaban J connectivity index is 1.67. The monoisotopic (exact) mass is 223 g/mol. The molecule has 15 heavy (non-hydrogen) atoms. The van der Waals surface area contributed by atoms with Crippen molar-refractivity contribution in [3.8, 4) is 0 Å². The highest BCUT2D eigenvalue weighted by Crippen LogP contribution is 2.18. The molecule has 1 saturated carbocycles. The van der Waals surface area contributed by atoms with Gasteiger partial charge in [-0.05, 0) is 18.4 Å². The van der Waals surface area contributed by atoms with Crippen molar-refractivity contribution in [1.82, 2.24) is 5.32 Å². The summed E-state index contributed by atoms with van der Waals surface area (Å²) in [4.78, 5) is 0. The van der Waals surface area contributed by atoms with E-state index in [1.54, 1.807) is 0 Å². The molecule has 1 aliphatic rings. The van der Waals surface area contributed by atoms with Gasteiger partial charge in [-0.3, -0.25) is 4.21 Å². The molecule has 0 radical (unpaired) electrons. The highest BCUT2D eigenvalue weighted by molar-refractivity contribution is 7.84. The second-order valence-corrected chi connectivity index (χ2v) is 5.58. The third-order valence-corrected chi connectivity index (χ3v) is 3.83. The molecule has 1 fully saturated rings. The molecule has 2 nitrogen and oxygen atoms in total. The maximum atomic E-state index is 11.7. The quantitative estimate of drug-likeness (QED) is 0.795. The number of benzene rings is 1. The molecule has 0 aliphatic heterocycles. The summed E-state index contributed by atoms with van der Waals surface area (Å²) in [5.41, 5.74) is 1.17. The molecule has 1 aliphatic carbocycles. The average Bonchev–Trinajstić information content (AvgIpc) is 3.03. The number of hydrogen-bond acceptors (Lipinski definition) is 2. The average molecular weight is 223 g/mol. The maximum absolute atomic E-state index is 11.7. The Kier molecular flexibility index (Phi) is 3.92. The van der Waals surface area contributed by atoms with Crippen LogP contribution in [0.5, 0.6) is 0 Å². The first-order valence-corrected chi connectivity index (χ1v) is 6.96. The van der Waals surface area contributed by atoms with Crippen molar-refractivity contribution in [2.24, 2.45) is 0 Å². The standard InChI is InChI=1S/C12H17NOS/c14-15(9-8-13-12-6-7-12)10-11-4-2-1-3-5-11/h1-5,12-13H,6-10H2.